The second-order valence-corrected chi connectivity index (χ2v) is 6.05. The maximum Gasteiger partial charge on any atom is 0.410 e. The molecule has 2 aromatic rings. The van der Waals surface area contributed by atoms with Crippen LogP contribution in [0.2, 0.25) is 0 Å². The highest BCUT2D eigenvalue weighted by molar-refractivity contribution is 5.94. The topological polar surface area (TPSA) is 59.1 Å². The smallest absolute Gasteiger partial charge is 0.410 e. The second kappa shape index (κ2) is 8.38. The van der Waals surface area contributed by atoms with Crippen LogP contribution in [0.4, 0.5) is 4.79 Å². The third-order valence-electron chi connectivity index (χ3n) is 4.37. The molecule has 1 heterocycles. The summed E-state index contributed by atoms with van der Waals surface area (Å²) in [5.41, 5.74) is 1.57. The molecule has 1 fully saturated rings. The van der Waals surface area contributed by atoms with Crippen molar-refractivity contribution in [2.45, 2.75) is 6.61 Å². The summed E-state index contributed by atoms with van der Waals surface area (Å²) in [4.78, 5) is 28.1. The van der Waals surface area contributed by atoms with Gasteiger partial charge in [0.25, 0.3) is 5.91 Å². The standard InChI is InChI=1S/C20H22N2O4/c1-25-18-9-7-17(8-10-18)19(23)21-11-13-22(14-12-21)20(24)26-15-16-5-3-2-4-6-16/h2-10H,11-15H2,1H3. The van der Waals surface area contributed by atoms with Gasteiger partial charge >= 0.3 is 6.09 Å². The monoisotopic (exact) mass is 354 g/mol. The van der Waals surface area contributed by atoms with Crippen molar-refractivity contribution in [2.75, 3.05) is 33.3 Å². The number of carbonyl (C=O) groups is 2. The molecule has 26 heavy (non-hydrogen) atoms. The number of carbonyl (C=O) groups excluding carboxylic acids is 2. The highest BCUT2D eigenvalue weighted by atomic mass is 16.6. The van der Waals surface area contributed by atoms with Gasteiger partial charge in [-0.1, -0.05) is 30.3 Å². The molecule has 0 N–H and O–H groups in total. The predicted molar refractivity (Wildman–Crippen MR) is 97.1 cm³/mol. The third kappa shape index (κ3) is 4.33. The number of hydrogen-bond acceptors (Lipinski definition) is 4. The van der Waals surface area contributed by atoms with Crippen molar-refractivity contribution < 1.29 is 19.1 Å². The zero-order chi connectivity index (χ0) is 18.4. The molecule has 6 nitrogen and oxygen atoms in total. The van der Waals surface area contributed by atoms with E-state index in [4.69, 9.17) is 9.47 Å². The van der Waals surface area contributed by atoms with Crippen molar-refractivity contribution in [1.29, 1.82) is 0 Å². The fourth-order valence-electron chi connectivity index (χ4n) is 2.82. The first-order valence-corrected chi connectivity index (χ1v) is 8.56. The van der Waals surface area contributed by atoms with E-state index in [-0.39, 0.29) is 18.6 Å². The van der Waals surface area contributed by atoms with Crippen LogP contribution in [0.1, 0.15) is 15.9 Å². The van der Waals surface area contributed by atoms with E-state index in [2.05, 4.69) is 0 Å². The van der Waals surface area contributed by atoms with Crippen LogP contribution in [0.15, 0.2) is 54.6 Å². The summed E-state index contributed by atoms with van der Waals surface area (Å²) in [5, 5.41) is 0. The minimum Gasteiger partial charge on any atom is -0.497 e. The van der Waals surface area contributed by atoms with Gasteiger partial charge in [0.1, 0.15) is 12.4 Å². The van der Waals surface area contributed by atoms with Gasteiger partial charge in [-0.3, -0.25) is 4.79 Å². The summed E-state index contributed by atoms with van der Waals surface area (Å²) in [7, 11) is 1.59. The molecule has 1 aliphatic rings. The van der Waals surface area contributed by atoms with E-state index < -0.39 is 0 Å². The summed E-state index contributed by atoms with van der Waals surface area (Å²) < 4.78 is 10.4. The Kier molecular flexibility index (Phi) is 5.73. The first kappa shape index (κ1) is 17.8. The van der Waals surface area contributed by atoms with Gasteiger partial charge in [-0.05, 0) is 29.8 Å². The largest absolute Gasteiger partial charge is 0.497 e. The van der Waals surface area contributed by atoms with E-state index in [9.17, 15) is 9.59 Å². The first-order chi connectivity index (χ1) is 12.7. The van der Waals surface area contributed by atoms with Crippen molar-refractivity contribution in [3.63, 3.8) is 0 Å². The van der Waals surface area contributed by atoms with E-state index in [1.54, 1.807) is 41.2 Å². The van der Waals surface area contributed by atoms with Crippen LogP contribution in [0, 0.1) is 0 Å². The lowest BCUT2D eigenvalue weighted by Gasteiger charge is -2.34. The number of nitrogens with zero attached hydrogens (tertiary/aromatic N) is 2. The number of methoxy groups -OCH3 is 1. The van der Waals surface area contributed by atoms with Gasteiger partial charge in [-0.15, -0.1) is 0 Å². The lowest BCUT2D eigenvalue weighted by molar-refractivity contribution is 0.0544. The van der Waals surface area contributed by atoms with Gasteiger partial charge in [0.2, 0.25) is 0 Å². The van der Waals surface area contributed by atoms with E-state index in [0.29, 0.717) is 37.5 Å². The van der Waals surface area contributed by atoms with Gasteiger partial charge in [-0.25, -0.2) is 4.79 Å². The Bertz CT molecular complexity index is 738. The molecular formula is C20H22N2O4. The normalized spacial score (nSPS) is 14.0. The zero-order valence-corrected chi connectivity index (χ0v) is 14.8. The lowest BCUT2D eigenvalue weighted by Crippen LogP contribution is -2.50. The highest BCUT2D eigenvalue weighted by Gasteiger charge is 2.25. The molecule has 0 radical (unpaired) electrons. The van der Waals surface area contributed by atoms with Crippen LogP contribution >= 0.6 is 0 Å². The maximum absolute atomic E-state index is 12.5. The van der Waals surface area contributed by atoms with Gasteiger partial charge in [0.15, 0.2) is 0 Å². The molecule has 0 bridgehead atoms. The molecule has 0 unspecified atom stereocenters. The SMILES string of the molecule is COc1ccc(C(=O)N2CCN(C(=O)OCc3ccccc3)CC2)cc1. The molecule has 0 spiro atoms. The first-order valence-electron chi connectivity index (χ1n) is 8.56. The molecule has 1 aliphatic heterocycles. The van der Waals surface area contributed by atoms with Crippen LogP contribution in [-0.2, 0) is 11.3 Å². The highest BCUT2D eigenvalue weighted by Crippen LogP contribution is 2.15. The van der Waals surface area contributed by atoms with Crippen LogP contribution < -0.4 is 4.74 Å². The molecule has 3 rings (SSSR count). The van der Waals surface area contributed by atoms with E-state index >= 15 is 0 Å². The summed E-state index contributed by atoms with van der Waals surface area (Å²) >= 11 is 0. The minimum atomic E-state index is -0.342. The summed E-state index contributed by atoms with van der Waals surface area (Å²) in [6.07, 6.45) is -0.342. The predicted octanol–water partition coefficient (Wildman–Crippen LogP) is 2.79. The Morgan fingerprint density at radius 1 is 0.885 bits per heavy atom. The fourth-order valence-corrected chi connectivity index (χ4v) is 2.82. The Morgan fingerprint density at radius 2 is 1.50 bits per heavy atom. The number of piperazine rings is 1. The molecule has 0 aromatic heterocycles. The molecule has 0 atom stereocenters. The summed E-state index contributed by atoms with van der Waals surface area (Å²) in [6.45, 7) is 2.17. The van der Waals surface area contributed by atoms with Gasteiger partial charge < -0.3 is 19.3 Å². The van der Waals surface area contributed by atoms with Crippen molar-refractivity contribution in [2.24, 2.45) is 0 Å². The Morgan fingerprint density at radius 3 is 2.12 bits per heavy atom. The van der Waals surface area contributed by atoms with Crippen molar-refractivity contribution in [3.05, 3.63) is 65.7 Å². The zero-order valence-electron chi connectivity index (χ0n) is 14.8. The molecule has 2 aromatic carbocycles. The number of ether oxygens (including phenoxy) is 2. The Balaban J connectivity index is 1.48. The van der Waals surface area contributed by atoms with Gasteiger partial charge in [0.05, 0.1) is 7.11 Å². The quantitative estimate of drug-likeness (QED) is 0.847. The third-order valence-corrected chi connectivity index (χ3v) is 4.37. The maximum atomic E-state index is 12.5. The van der Waals surface area contributed by atoms with Crippen molar-refractivity contribution in [3.8, 4) is 5.75 Å². The van der Waals surface area contributed by atoms with E-state index in [0.717, 1.165) is 5.56 Å². The number of rotatable bonds is 4. The molecule has 0 saturated carbocycles. The number of amides is 2. The minimum absolute atomic E-state index is 0.0371. The number of hydrogen-bond donors (Lipinski definition) is 0. The Hall–Kier alpha value is -3.02. The van der Waals surface area contributed by atoms with Crippen LogP contribution in [0.3, 0.4) is 0 Å². The van der Waals surface area contributed by atoms with Crippen LogP contribution in [-0.4, -0.2) is 55.1 Å². The van der Waals surface area contributed by atoms with Crippen molar-refractivity contribution >= 4 is 12.0 Å². The molecule has 0 aliphatic carbocycles. The molecule has 2 amide bonds. The van der Waals surface area contributed by atoms with Crippen molar-refractivity contribution in [1.82, 2.24) is 9.80 Å². The molecular weight excluding hydrogens is 332 g/mol. The average molecular weight is 354 g/mol. The molecule has 1 saturated heterocycles. The molecule has 6 heteroatoms. The van der Waals surface area contributed by atoms with E-state index in [1.807, 2.05) is 30.3 Å². The van der Waals surface area contributed by atoms with Crippen LogP contribution in [0.5, 0.6) is 5.75 Å². The van der Waals surface area contributed by atoms with Crippen LogP contribution in [0.25, 0.3) is 0 Å². The van der Waals surface area contributed by atoms with E-state index in [1.165, 1.54) is 0 Å². The number of benzene rings is 2. The molecule has 136 valence electrons. The van der Waals surface area contributed by atoms with Gasteiger partial charge in [-0.2, -0.15) is 0 Å². The lowest BCUT2D eigenvalue weighted by atomic mass is 10.1. The second-order valence-electron chi connectivity index (χ2n) is 6.05. The Labute approximate surface area is 152 Å². The summed E-state index contributed by atoms with van der Waals surface area (Å²) in [5.74, 6) is 0.678. The average Bonchev–Trinajstić information content (AvgIpc) is 2.72. The fraction of sp³-hybridized carbons (Fsp3) is 0.300. The van der Waals surface area contributed by atoms with Gasteiger partial charge in [0, 0.05) is 31.7 Å². The summed E-state index contributed by atoms with van der Waals surface area (Å²) in [6, 6.07) is 16.6.